The van der Waals surface area contributed by atoms with E-state index in [1.165, 1.54) is 4.90 Å². The number of benzene rings is 1. The molecular formula is C22H31N3O5. The zero-order chi connectivity index (χ0) is 21.5. The van der Waals surface area contributed by atoms with E-state index in [4.69, 9.17) is 9.47 Å². The second-order valence-electron chi connectivity index (χ2n) is 7.74. The molecule has 0 saturated carbocycles. The van der Waals surface area contributed by atoms with Crippen LogP contribution in [0.5, 0.6) is 0 Å². The van der Waals surface area contributed by atoms with Crippen LogP contribution in [0.25, 0.3) is 0 Å². The SMILES string of the molecule is CCOC(=O)C1CCCN(C(=O)CN(C)C(=O)c2ccc(N3CCOCC3)cc2)C1. The van der Waals surface area contributed by atoms with Crippen molar-refractivity contribution in [2.24, 2.45) is 5.92 Å². The number of piperidine rings is 1. The number of morpholine rings is 1. The molecule has 8 heteroatoms. The van der Waals surface area contributed by atoms with Gasteiger partial charge in [0.25, 0.3) is 5.91 Å². The van der Waals surface area contributed by atoms with Gasteiger partial charge in [0, 0.05) is 44.5 Å². The Bertz CT molecular complexity index is 746. The van der Waals surface area contributed by atoms with E-state index in [1.807, 2.05) is 12.1 Å². The second-order valence-corrected chi connectivity index (χ2v) is 7.74. The van der Waals surface area contributed by atoms with Gasteiger partial charge in [-0.1, -0.05) is 0 Å². The van der Waals surface area contributed by atoms with E-state index in [2.05, 4.69) is 4.90 Å². The van der Waals surface area contributed by atoms with Crippen LogP contribution in [-0.2, 0) is 19.1 Å². The number of hydrogen-bond donors (Lipinski definition) is 0. The fourth-order valence-electron chi connectivity index (χ4n) is 3.89. The number of hydrogen-bond acceptors (Lipinski definition) is 6. The van der Waals surface area contributed by atoms with Crippen molar-refractivity contribution >= 4 is 23.5 Å². The fourth-order valence-corrected chi connectivity index (χ4v) is 3.89. The van der Waals surface area contributed by atoms with Gasteiger partial charge in [0.15, 0.2) is 0 Å². The van der Waals surface area contributed by atoms with Crippen molar-refractivity contribution in [3.63, 3.8) is 0 Å². The Balaban J connectivity index is 1.54. The molecule has 1 unspecified atom stereocenters. The number of amides is 2. The number of carbonyl (C=O) groups is 3. The van der Waals surface area contributed by atoms with Crippen LogP contribution in [0.1, 0.15) is 30.1 Å². The first-order valence-corrected chi connectivity index (χ1v) is 10.6. The first-order valence-electron chi connectivity index (χ1n) is 10.6. The zero-order valence-electron chi connectivity index (χ0n) is 17.8. The lowest BCUT2D eigenvalue weighted by Gasteiger charge is -2.32. The number of nitrogens with zero attached hydrogens (tertiary/aromatic N) is 3. The molecule has 2 aliphatic rings. The average molecular weight is 418 g/mol. The molecule has 0 radical (unpaired) electrons. The predicted octanol–water partition coefficient (Wildman–Crippen LogP) is 1.40. The number of likely N-dealkylation sites (N-methyl/N-ethyl adjacent to an activating group) is 1. The molecule has 3 rings (SSSR count). The summed E-state index contributed by atoms with van der Waals surface area (Å²) in [4.78, 5) is 42.8. The maximum Gasteiger partial charge on any atom is 0.310 e. The van der Waals surface area contributed by atoms with Crippen LogP contribution >= 0.6 is 0 Å². The van der Waals surface area contributed by atoms with Gasteiger partial charge in [0.2, 0.25) is 5.91 Å². The van der Waals surface area contributed by atoms with E-state index in [-0.39, 0.29) is 30.2 Å². The topological polar surface area (TPSA) is 79.4 Å². The Kier molecular flexibility index (Phi) is 7.68. The summed E-state index contributed by atoms with van der Waals surface area (Å²) < 4.78 is 10.5. The molecule has 1 atom stereocenters. The van der Waals surface area contributed by atoms with Crippen molar-refractivity contribution in [2.45, 2.75) is 19.8 Å². The highest BCUT2D eigenvalue weighted by atomic mass is 16.5. The summed E-state index contributed by atoms with van der Waals surface area (Å²) in [7, 11) is 1.63. The summed E-state index contributed by atoms with van der Waals surface area (Å²) in [6, 6.07) is 7.46. The van der Waals surface area contributed by atoms with Gasteiger partial charge in [-0.15, -0.1) is 0 Å². The normalized spacial score (nSPS) is 19.3. The van der Waals surface area contributed by atoms with Gasteiger partial charge >= 0.3 is 5.97 Å². The Morgan fingerprint density at radius 2 is 1.83 bits per heavy atom. The number of ether oxygens (including phenoxy) is 2. The van der Waals surface area contributed by atoms with E-state index in [0.29, 0.717) is 38.5 Å². The molecule has 2 amide bonds. The first kappa shape index (κ1) is 22.1. The fraction of sp³-hybridized carbons (Fsp3) is 0.591. The summed E-state index contributed by atoms with van der Waals surface area (Å²) in [5.74, 6) is -0.878. The van der Waals surface area contributed by atoms with Crippen LogP contribution in [0.15, 0.2) is 24.3 Å². The molecule has 0 N–H and O–H groups in total. The van der Waals surface area contributed by atoms with Gasteiger partial charge in [-0.3, -0.25) is 14.4 Å². The Morgan fingerprint density at radius 3 is 2.50 bits per heavy atom. The standard InChI is InChI=1S/C22H31N3O5/c1-3-30-22(28)18-5-4-10-25(15-18)20(26)16-23(2)21(27)17-6-8-19(9-7-17)24-11-13-29-14-12-24/h6-9,18H,3-5,10-16H2,1-2H3. The number of likely N-dealkylation sites (tertiary alicyclic amines) is 1. The van der Waals surface area contributed by atoms with Crippen LogP contribution in [-0.4, -0.2) is 87.2 Å². The van der Waals surface area contributed by atoms with Crippen molar-refractivity contribution in [3.8, 4) is 0 Å². The second kappa shape index (κ2) is 10.4. The molecule has 1 aromatic carbocycles. The van der Waals surface area contributed by atoms with Crippen molar-refractivity contribution in [1.82, 2.24) is 9.80 Å². The molecule has 8 nitrogen and oxygen atoms in total. The van der Waals surface area contributed by atoms with Gasteiger partial charge < -0.3 is 24.2 Å². The maximum absolute atomic E-state index is 12.8. The van der Waals surface area contributed by atoms with E-state index in [1.54, 1.807) is 31.0 Å². The summed E-state index contributed by atoms with van der Waals surface area (Å²) in [5.41, 5.74) is 1.61. The number of carbonyl (C=O) groups excluding carboxylic acids is 3. The van der Waals surface area contributed by atoms with Crippen molar-refractivity contribution in [2.75, 3.05) is 64.5 Å². The average Bonchev–Trinajstić information content (AvgIpc) is 2.79. The van der Waals surface area contributed by atoms with Crippen LogP contribution in [0.4, 0.5) is 5.69 Å². The summed E-state index contributed by atoms with van der Waals surface area (Å²) >= 11 is 0. The number of esters is 1. The minimum absolute atomic E-state index is 0.0143. The van der Waals surface area contributed by atoms with Crippen LogP contribution in [0.2, 0.25) is 0 Å². The monoisotopic (exact) mass is 417 g/mol. The highest BCUT2D eigenvalue weighted by molar-refractivity contribution is 5.96. The third-order valence-electron chi connectivity index (χ3n) is 5.60. The molecule has 0 aromatic heterocycles. The molecule has 2 fully saturated rings. The van der Waals surface area contributed by atoms with Crippen molar-refractivity contribution in [3.05, 3.63) is 29.8 Å². The number of rotatable bonds is 6. The molecule has 2 aliphatic heterocycles. The predicted molar refractivity (Wildman–Crippen MR) is 112 cm³/mol. The molecule has 1 aromatic rings. The summed E-state index contributed by atoms with van der Waals surface area (Å²) in [6.07, 6.45) is 1.49. The minimum atomic E-state index is -0.281. The quantitative estimate of drug-likeness (QED) is 0.651. The molecule has 0 bridgehead atoms. The Labute approximate surface area is 177 Å². The molecule has 2 heterocycles. The number of anilines is 1. The molecular weight excluding hydrogens is 386 g/mol. The van der Waals surface area contributed by atoms with Crippen molar-refractivity contribution in [1.29, 1.82) is 0 Å². The van der Waals surface area contributed by atoms with Gasteiger partial charge in [0.1, 0.15) is 0 Å². The van der Waals surface area contributed by atoms with Gasteiger partial charge in [-0.2, -0.15) is 0 Å². The summed E-state index contributed by atoms with van der Waals surface area (Å²) in [6.45, 7) is 6.15. The van der Waals surface area contributed by atoms with E-state index < -0.39 is 0 Å². The van der Waals surface area contributed by atoms with Gasteiger partial charge in [-0.25, -0.2) is 0 Å². The highest BCUT2D eigenvalue weighted by Crippen LogP contribution is 2.19. The van der Waals surface area contributed by atoms with Crippen LogP contribution in [0.3, 0.4) is 0 Å². The smallest absolute Gasteiger partial charge is 0.310 e. The lowest BCUT2D eigenvalue weighted by Crippen LogP contribution is -2.47. The zero-order valence-corrected chi connectivity index (χ0v) is 17.8. The largest absolute Gasteiger partial charge is 0.466 e. The Morgan fingerprint density at radius 1 is 1.13 bits per heavy atom. The van der Waals surface area contributed by atoms with E-state index in [0.717, 1.165) is 31.6 Å². The first-order chi connectivity index (χ1) is 14.5. The molecule has 0 aliphatic carbocycles. The third-order valence-corrected chi connectivity index (χ3v) is 5.60. The molecule has 2 saturated heterocycles. The van der Waals surface area contributed by atoms with Gasteiger partial charge in [-0.05, 0) is 44.0 Å². The van der Waals surface area contributed by atoms with Crippen LogP contribution < -0.4 is 4.90 Å². The molecule has 0 spiro atoms. The summed E-state index contributed by atoms with van der Waals surface area (Å²) in [5, 5.41) is 0. The van der Waals surface area contributed by atoms with Crippen LogP contribution in [0, 0.1) is 5.92 Å². The van der Waals surface area contributed by atoms with E-state index >= 15 is 0 Å². The lowest BCUT2D eigenvalue weighted by atomic mass is 9.98. The van der Waals surface area contributed by atoms with E-state index in [9.17, 15) is 14.4 Å². The molecule has 164 valence electrons. The lowest BCUT2D eigenvalue weighted by molar-refractivity contribution is -0.151. The Hall–Kier alpha value is -2.61. The minimum Gasteiger partial charge on any atom is -0.466 e. The highest BCUT2D eigenvalue weighted by Gasteiger charge is 2.30. The van der Waals surface area contributed by atoms with Gasteiger partial charge in [0.05, 0.1) is 32.3 Å². The molecule has 30 heavy (non-hydrogen) atoms. The van der Waals surface area contributed by atoms with Crippen molar-refractivity contribution < 1.29 is 23.9 Å². The maximum atomic E-state index is 12.8. The third kappa shape index (κ3) is 5.50.